The number of methoxy groups -OCH3 is 1. The molecule has 0 aliphatic heterocycles. The van der Waals surface area contributed by atoms with E-state index in [9.17, 15) is 5.26 Å². The van der Waals surface area contributed by atoms with E-state index in [-0.39, 0.29) is 6.04 Å². The van der Waals surface area contributed by atoms with Gasteiger partial charge in [0.05, 0.1) is 12.8 Å². The maximum Gasteiger partial charge on any atom is 0.154 e. The van der Waals surface area contributed by atoms with Gasteiger partial charge in [0.25, 0.3) is 0 Å². The normalized spacial score (nSPS) is 10.4. The van der Waals surface area contributed by atoms with Crippen LogP contribution in [0.5, 0.6) is 5.75 Å². The molecule has 0 N–H and O–H groups in total. The average molecular weight is 240 g/mol. The SMILES string of the molecule is COc1cn(C(C)C)c(-c2ccccc2)c1C#N. The fourth-order valence-corrected chi connectivity index (χ4v) is 2.06. The second kappa shape index (κ2) is 4.97. The minimum Gasteiger partial charge on any atom is -0.494 e. The van der Waals surface area contributed by atoms with Gasteiger partial charge in [-0.15, -0.1) is 0 Å². The summed E-state index contributed by atoms with van der Waals surface area (Å²) in [5, 5.41) is 9.34. The Kier molecular flexibility index (Phi) is 3.38. The number of nitriles is 1. The van der Waals surface area contributed by atoms with Gasteiger partial charge in [0.1, 0.15) is 11.6 Å². The van der Waals surface area contributed by atoms with Crippen LogP contribution in [0.15, 0.2) is 36.5 Å². The second-order valence-electron chi connectivity index (χ2n) is 4.40. The quantitative estimate of drug-likeness (QED) is 0.821. The fraction of sp³-hybridized carbons (Fsp3) is 0.267. The van der Waals surface area contributed by atoms with Crippen LogP contribution in [-0.4, -0.2) is 11.7 Å². The zero-order valence-corrected chi connectivity index (χ0v) is 10.8. The first kappa shape index (κ1) is 12.3. The van der Waals surface area contributed by atoms with Crippen molar-refractivity contribution in [3.8, 4) is 23.1 Å². The van der Waals surface area contributed by atoms with E-state index in [4.69, 9.17) is 4.74 Å². The summed E-state index contributed by atoms with van der Waals surface area (Å²) in [7, 11) is 1.59. The van der Waals surface area contributed by atoms with Gasteiger partial charge in [-0.3, -0.25) is 0 Å². The van der Waals surface area contributed by atoms with Gasteiger partial charge in [-0.1, -0.05) is 30.3 Å². The van der Waals surface area contributed by atoms with Crippen molar-refractivity contribution in [2.24, 2.45) is 0 Å². The van der Waals surface area contributed by atoms with Crippen LogP contribution in [0, 0.1) is 11.3 Å². The molecule has 0 unspecified atom stereocenters. The van der Waals surface area contributed by atoms with Crippen LogP contribution in [0.2, 0.25) is 0 Å². The van der Waals surface area contributed by atoms with E-state index in [1.165, 1.54) is 0 Å². The molecule has 3 heteroatoms. The number of aromatic nitrogens is 1. The highest BCUT2D eigenvalue weighted by Gasteiger charge is 2.19. The third-order valence-electron chi connectivity index (χ3n) is 2.93. The number of ether oxygens (including phenoxy) is 1. The summed E-state index contributed by atoms with van der Waals surface area (Å²) in [6.07, 6.45) is 1.89. The third-order valence-corrected chi connectivity index (χ3v) is 2.93. The lowest BCUT2D eigenvalue weighted by molar-refractivity contribution is 0.411. The first-order valence-corrected chi connectivity index (χ1v) is 5.93. The molecule has 2 aromatic rings. The maximum atomic E-state index is 9.34. The minimum atomic E-state index is 0.274. The molecule has 0 fully saturated rings. The molecule has 0 amide bonds. The van der Waals surface area contributed by atoms with E-state index in [0.717, 1.165) is 11.3 Å². The van der Waals surface area contributed by atoms with Crippen molar-refractivity contribution in [1.29, 1.82) is 5.26 Å². The predicted octanol–water partition coefficient (Wildman–Crippen LogP) is 3.62. The summed E-state index contributed by atoms with van der Waals surface area (Å²) in [6, 6.07) is 12.4. The summed E-state index contributed by atoms with van der Waals surface area (Å²) in [5.41, 5.74) is 2.55. The smallest absolute Gasteiger partial charge is 0.154 e. The molecule has 1 aromatic carbocycles. The second-order valence-corrected chi connectivity index (χ2v) is 4.40. The lowest BCUT2D eigenvalue weighted by atomic mass is 10.1. The zero-order chi connectivity index (χ0) is 13.1. The van der Waals surface area contributed by atoms with Gasteiger partial charge < -0.3 is 9.30 Å². The molecule has 0 spiro atoms. The number of rotatable bonds is 3. The van der Waals surface area contributed by atoms with Crippen LogP contribution >= 0.6 is 0 Å². The zero-order valence-electron chi connectivity index (χ0n) is 10.8. The van der Waals surface area contributed by atoms with Crippen molar-refractivity contribution in [2.45, 2.75) is 19.9 Å². The molecule has 0 saturated heterocycles. The maximum absolute atomic E-state index is 9.34. The molecular formula is C15H16N2O. The Hall–Kier alpha value is -2.21. The lowest BCUT2D eigenvalue weighted by Crippen LogP contribution is -2.01. The number of hydrogen-bond donors (Lipinski definition) is 0. The Balaban J connectivity index is 2.71. The topological polar surface area (TPSA) is 38.0 Å². The monoisotopic (exact) mass is 240 g/mol. The van der Waals surface area contributed by atoms with E-state index < -0.39 is 0 Å². The molecule has 0 radical (unpaired) electrons. The van der Waals surface area contributed by atoms with E-state index >= 15 is 0 Å². The number of hydrogen-bond acceptors (Lipinski definition) is 2. The fourth-order valence-electron chi connectivity index (χ4n) is 2.06. The lowest BCUT2D eigenvalue weighted by Gasteiger charge is -2.12. The molecular weight excluding hydrogens is 224 g/mol. The summed E-state index contributed by atoms with van der Waals surface area (Å²) < 4.78 is 7.36. The molecule has 0 aliphatic rings. The van der Waals surface area contributed by atoms with Gasteiger partial charge in [-0.05, 0) is 19.4 Å². The van der Waals surface area contributed by atoms with Crippen molar-refractivity contribution >= 4 is 0 Å². The van der Waals surface area contributed by atoms with Crippen molar-refractivity contribution in [2.75, 3.05) is 7.11 Å². The van der Waals surface area contributed by atoms with Crippen molar-refractivity contribution < 1.29 is 4.74 Å². The molecule has 0 saturated carbocycles. The molecule has 1 heterocycles. The van der Waals surface area contributed by atoms with Crippen molar-refractivity contribution in [3.63, 3.8) is 0 Å². The average Bonchev–Trinajstić information content (AvgIpc) is 2.78. The molecule has 0 aliphatic carbocycles. The number of nitrogens with zero attached hydrogens (tertiary/aromatic N) is 2. The Morgan fingerprint density at radius 3 is 2.39 bits per heavy atom. The highest BCUT2D eigenvalue weighted by molar-refractivity contribution is 5.71. The molecule has 18 heavy (non-hydrogen) atoms. The van der Waals surface area contributed by atoms with Crippen LogP contribution in [0.3, 0.4) is 0 Å². The van der Waals surface area contributed by atoms with Crippen molar-refractivity contribution in [3.05, 3.63) is 42.1 Å². The van der Waals surface area contributed by atoms with Crippen LogP contribution < -0.4 is 4.74 Å². The van der Waals surface area contributed by atoms with Crippen LogP contribution in [0.1, 0.15) is 25.5 Å². The highest BCUT2D eigenvalue weighted by atomic mass is 16.5. The van der Waals surface area contributed by atoms with Gasteiger partial charge in [-0.2, -0.15) is 5.26 Å². The third kappa shape index (κ3) is 1.98. The van der Waals surface area contributed by atoms with E-state index in [2.05, 4.69) is 24.5 Å². The molecule has 2 rings (SSSR count). The van der Waals surface area contributed by atoms with Gasteiger partial charge in [0.2, 0.25) is 0 Å². The molecule has 1 aromatic heterocycles. The largest absolute Gasteiger partial charge is 0.494 e. The molecule has 0 atom stereocenters. The standard InChI is InChI=1S/C15H16N2O/c1-11(2)17-10-14(18-3)13(9-16)15(17)12-7-5-4-6-8-12/h4-8,10-11H,1-3H3. The highest BCUT2D eigenvalue weighted by Crippen LogP contribution is 2.34. The van der Waals surface area contributed by atoms with Crippen LogP contribution in [0.25, 0.3) is 11.3 Å². The van der Waals surface area contributed by atoms with Gasteiger partial charge in [0.15, 0.2) is 5.75 Å². The molecule has 92 valence electrons. The Labute approximate surface area is 107 Å². The van der Waals surface area contributed by atoms with E-state index in [1.807, 2.05) is 36.5 Å². The van der Waals surface area contributed by atoms with Gasteiger partial charge in [0, 0.05) is 12.2 Å². The Morgan fingerprint density at radius 1 is 1.22 bits per heavy atom. The summed E-state index contributed by atoms with van der Waals surface area (Å²) in [6.45, 7) is 4.18. The molecule has 3 nitrogen and oxygen atoms in total. The molecule has 0 bridgehead atoms. The first-order valence-electron chi connectivity index (χ1n) is 5.93. The Bertz CT molecular complexity index is 577. The first-order chi connectivity index (χ1) is 8.69. The van der Waals surface area contributed by atoms with Gasteiger partial charge >= 0.3 is 0 Å². The van der Waals surface area contributed by atoms with E-state index in [1.54, 1.807) is 7.11 Å². The van der Waals surface area contributed by atoms with Crippen molar-refractivity contribution in [1.82, 2.24) is 4.57 Å². The minimum absolute atomic E-state index is 0.274. The van der Waals surface area contributed by atoms with Crippen LogP contribution in [0.4, 0.5) is 0 Å². The van der Waals surface area contributed by atoms with Crippen LogP contribution in [-0.2, 0) is 0 Å². The predicted molar refractivity (Wildman–Crippen MR) is 71.5 cm³/mol. The summed E-state index contributed by atoms with van der Waals surface area (Å²) >= 11 is 0. The summed E-state index contributed by atoms with van der Waals surface area (Å²) in [5.74, 6) is 0.630. The summed E-state index contributed by atoms with van der Waals surface area (Å²) in [4.78, 5) is 0. The van der Waals surface area contributed by atoms with Gasteiger partial charge in [-0.25, -0.2) is 0 Å². The Morgan fingerprint density at radius 2 is 1.89 bits per heavy atom. The van der Waals surface area contributed by atoms with E-state index in [0.29, 0.717) is 11.3 Å². The number of benzene rings is 1.